The Morgan fingerprint density at radius 3 is 3.00 bits per heavy atom. The maximum absolute atomic E-state index is 12.4. The molecule has 1 unspecified atom stereocenters. The number of pyridine rings is 1. The zero-order valence-electron chi connectivity index (χ0n) is 14.9. The van der Waals surface area contributed by atoms with Gasteiger partial charge in [0.1, 0.15) is 18.5 Å². The Balaban J connectivity index is 1.52. The molecule has 3 aromatic rings. The van der Waals surface area contributed by atoms with Crippen LogP contribution >= 0.6 is 0 Å². The summed E-state index contributed by atoms with van der Waals surface area (Å²) in [4.78, 5) is 30.4. The van der Waals surface area contributed by atoms with E-state index in [1.807, 2.05) is 11.0 Å². The molecule has 1 aliphatic heterocycles. The van der Waals surface area contributed by atoms with Crippen LogP contribution in [-0.4, -0.2) is 69.9 Å². The first kappa shape index (κ1) is 18.3. The van der Waals surface area contributed by atoms with E-state index < -0.39 is 24.9 Å². The predicted molar refractivity (Wildman–Crippen MR) is 95.0 cm³/mol. The van der Waals surface area contributed by atoms with Gasteiger partial charge in [-0.15, -0.1) is 0 Å². The fourth-order valence-electron chi connectivity index (χ4n) is 3.36. The number of anilines is 1. The fourth-order valence-corrected chi connectivity index (χ4v) is 3.36. The van der Waals surface area contributed by atoms with Crippen LogP contribution in [0.4, 0.5) is 23.8 Å². The van der Waals surface area contributed by atoms with Gasteiger partial charge < -0.3 is 19.5 Å². The molecule has 11 heteroatoms. The van der Waals surface area contributed by atoms with Gasteiger partial charge in [-0.05, 0) is 6.07 Å². The van der Waals surface area contributed by atoms with E-state index in [2.05, 4.69) is 19.9 Å². The molecule has 4 heterocycles. The Labute approximate surface area is 157 Å². The minimum absolute atomic E-state index is 0.343. The van der Waals surface area contributed by atoms with Crippen molar-refractivity contribution in [1.29, 1.82) is 0 Å². The molecule has 148 valence electrons. The molecule has 1 atom stereocenters. The van der Waals surface area contributed by atoms with Crippen LogP contribution in [-0.2, 0) is 4.74 Å². The number of amides is 1. The Kier molecular flexibility index (Phi) is 4.44. The molecule has 0 radical (unpaired) electrons. The summed E-state index contributed by atoms with van der Waals surface area (Å²) in [5.74, 6) is 0.691. The van der Waals surface area contributed by atoms with Crippen molar-refractivity contribution in [3.63, 3.8) is 0 Å². The lowest BCUT2D eigenvalue weighted by molar-refractivity contribution is -0.140. The highest BCUT2D eigenvalue weighted by Gasteiger charge is 2.34. The highest BCUT2D eigenvalue weighted by molar-refractivity contribution is 6.08. The number of aromatic nitrogens is 4. The zero-order valence-corrected chi connectivity index (χ0v) is 14.9. The van der Waals surface area contributed by atoms with Gasteiger partial charge in [0.05, 0.1) is 30.0 Å². The Hall–Kier alpha value is -3.11. The lowest BCUT2D eigenvalue weighted by atomic mass is 10.2. The molecule has 1 fully saturated rings. The van der Waals surface area contributed by atoms with Gasteiger partial charge in [0.25, 0.3) is 0 Å². The summed E-state index contributed by atoms with van der Waals surface area (Å²) in [6.45, 7) is -0.446. The summed E-state index contributed by atoms with van der Waals surface area (Å²) >= 11 is 0. The molecule has 28 heavy (non-hydrogen) atoms. The zero-order chi connectivity index (χ0) is 19.9. The number of alkyl halides is 3. The van der Waals surface area contributed by atoms with Gasteiger partial charge in [-0.2, -0.15) is 13.2 Å². The van der Waals surface area contributed by atoms with Gasteiger partial charge in [-0.1, -0.05) is 0 Å². The quantitative estimate of drug-likeness (QED) is 0.735. The molecule has 1 amide bonds. The Bertz CT molecular complexity index is 1020. The van der Waals surface area contributed by atoms with Crippen molar-refractivity contribution in [3.8, 4) is 0 Å². The minimum atomic E-state index is -4.47. The highest BCUT2D eigenvalue weighted by Crippen LogP contribution is 2.31. The third-order valence-electron chi connectivity index (χ3n) is 4.60. The van der Waals surface area contributed by atoms with Crippen molar-refractivity contribution in [2.24, 2.45) is 0 Å². The molecular formula is C17H17F3N6O2. The number of rotatable bonds is 3. The molecule has 0 aromatic carbocycles. The first-order chi connectivity index (χ1) is 13.3. The lowest BCUT2D eigenvalue weighted by Crippen LogP contribution is -2.38. The molecule has 0 aliphatic carbocycles. The molecule has 1 aliphatic rings. The van der Waals surface area contributed by atoms with E-state index >= 15 is 0 Å². The van der Waals surface area contributed by atoms with E-state index in [9.17, 15) is 18.0 Å². The Morgan fingerprint density at radius 1 is 1.39 bits per heavy atom. The number of carbonyl (C=O) groups is 1. The van der Waals surface area contributed by atoms with Crippen LogP contribution in [0.1, 0.15) is 6.42 Å². The number of ether oxygens (including phenoxy) is 1. The predicted octanol–water partition coefficient (Wildman–Crippen LogP) is 2.72. The molecule has 1 N–H and O–H groups in total. The van der Waals surface area contributed by atoms with Gasteiger partial charge in [-0.25, -0.2) is 19.7 Å². The molecule has 1 saturated heterocycles. The van der Waals surface area contributed by atoms with Crippen molar-refractivity contribution in [3.05, 3.63) is 24.8 Å². The molecule has 0 saturated carbocycles. The topological polar surface area (TPSA) is 87.2 Å². The summed E-state index contributed by atoms with van der Waals surface area (Å²) in [7, 11) is 1.07. The number of fused-ring (bicyclic) bond motifs is 3. The third-order valence-corrected chi connectivity index (χ3v) is 4.60. The number of hydrogen-bond acceptors (Lipinski definition) is 6. The summed E-state index contributed by atoms with van der Waals surface area (Å²) in [5, 5.41) is 1.70. The van der Waals surface area contributed by atoms with Crippen LogP contribution in [0.3, 0.4) is 0 Å². The second kappa shape index (κ2) is 6.80. The number of hydrogen-bond donors (Lipinski definition) is 1. The second-order valence-electron chi connectivity index (χ2n) is 6.67. The fraction of sp³-hybridized carbons (Fsp3) is 0.412. The molecule has 8 nitrogen and oxygen atoms in total. The van der Waals surface area contributed by atoms with E-state index in [4.69, 9.17) is 4.74 Å². The van der Waals surface area contributed by atoms with Crippen LogP contribution in [0, 0.1) is 0 Å². The smallest absolute Gasteiger partial charge is 0.410 e. The number of nitrogens with zero attached hydrogens (tertiary/aromatic N) is 5. The van der Waals surface area contributed by atoms with E-state index in [1.165, 1.54) is 0 Å². The van der Waals surface area contributed by atoms with Crippen LogP contribution < -0.4 is 4.90 Å². The van der Waals surface area contributed by atoms with Crippen molar-refractivity contribution < 1.29 is 22.7 Å². The summed E-state index contributed by atoms with van der Waals surface area (Å²) in [5.41, 5.74) is 1.39. The first-order valence-corrected chi connectivity index (χ1v) is 8.62. The van der Waals surface area contributed by atoms with Gasteiger partial charge in [0.15, 0.2) is 5.65 Å². The first-order valence-electron chi connectivity index (χ1n) is 8.62. The highest BCUT2D eigenvalue weighted by atomic mass is 19.4. The molecule has 0 spiro atoms. The largest absolute Gasteiger partial charge is 0.444 e. The Morgan fingerprint density at radius 2 is 2.21 bits per heavy atom. The van der Waals surface area contributed by atoms with Gasteiger partial charge in [-0.3, -0.25) is 0 Å². The van der Waals surface area contributed by atoms with Crippen molar-refractivity contribution in [1.82, 2.24) is 24.8 Å². The summed E-state index contributed by atoms with van der Waals surface area (Å²) in [6.07, 6.45) is -0.575. The average molecular weight is 394 g/mol. The van der Waals surface area contributed by atoms with Crippen LogP contribution in [0.25, 0.3) is 21.9 Å². The van der Waals surface area contributed by atoms with Crippen molar-refractivity contribution in [2.45, 2.75) is 18.7 Å². The SMILES string of the molecule is CN(CC(F)(F)F)C(=O)OC1CCN(c2nc[nH]c3cnc4nccc4c23)C1. The van der Waals surface area contributed by atoms with Gasteiger partial charge >= 0.3 is 12.3 Å². The summed E-state index contributed by atoms with van der Waals surface area (Å²) < 4.78 is 42.5. The summed E-state index contributed by atoms with van der Waals surface area (Å²) in [6, 6.07) is 1.85. The normalized spacial score (nSPS) is 17.4. The average Bonchev–Trinajstić information content (AvgIpc) is 3.28. The molecule has 0 bridgehead atoms. The van der Waals surface area contributed by atoms with E-state index in [1.54, 1.807) is 18.7 Å². The van der Waals surface area contributed by atoms with Crippen molar-refractivity contribution in [2.75, 3.05) is 31.6 Å². The van der Waals surface area contributed by atoms with Gasteiger partial charge in [0.2, 0.25) is 0 Å². The minimum Gasteiger partial charge on any atom is -0.444 e. The maximum Gasteiger partial charge on any atom is 0.410 e. The lowest BCUT2D eigenvalue weighted by Gasteiger charge is -2.22. The molecule has 3 aromatic heterocycles. The number of halogens is 3. The third kappa shape index (κ3) is 3.51. The number of nitrogens with one attached hydrogen (secondary N) is 1. The second-order valence-corrected chi connectivity index (χ2v) is 6.67. The van der Waals surface area contributed by atoms with E-state index in [0.29, 0.717) is 35.9 Å². The maximum atomic E-state index is 12.4. The van der Waals surface area contributed by atoms with Gasteiger partial charge in [0, 0.05) is 31.6 Å². The standard InChI is InChI=1S/C17H17F3N6O2/c1-25(8-17(18,19)20)16(27)28-10-3-5-26(7-10)15-13-11-2-4-21-14(11)22-6-12(13)23-9-24-15/h2,4,6,9-10H,3,5,7-8H2,1H3,(H,23,24). The molecular weight excluding hydrogens is 377 g/mol. The number of aromatic amines is 1. The van der Waals surface area contributed by atoms with E-state index in [-0.39, 0.29) is 0 Å². The van der Waals surface area contributed by atoms with Crippen LogP contribution in [0.5, 0.6) is 0 Å². The monoisotopic (exact) mass is 394 g/mol. The van der Waals surface area contributed by atoms with Crippen LogP contribution in [0.2, 0.25) is 0 Å². The van der Waals surface area contributed by atoms with Crippen LogP contribution in [0.15, 0.2) is 24.8 Å². The van der Waals surface area contributed by atoms with Crippen molar-refractivity contribution >= 4 is 33.8 Å². The number of H-pyrrole nitrogens is 1. The number of carbonyl (C=O) groups excluding carboxylic acids is 1. The molecule has 4 rings (SSSR count). The van der Waals surface area contributed by atoms with E-state index in [0.717, 1.165) is 23.3 Å².